The van der Waals surface area contributed by atoms with Gasteiger partial charge in [0, 0.05) is 19.3 Å². The monoisotopic (exact) mass is 961 g/mol. The first-order valence-electron chi connectivity index (χ1n) is 30.9. The number of esters is 3. The van der Waals surface area contributed by atoms with E-state index in [1.807, 2.05) is 0 Å². The molecule has 0 aromatic rings. The van der Waals surface area contributed by atoms with Crippen LogP contribution in [-0.2, 0) is 28.6 Å². The highest BCUT2D eigenvalue weighted by Crippen LogP contribution is 2.18. The highest BCUT2D eigenvalue weighted by Gasteiger charge is 2.19. The fourth-order valence-electron chi connectivity index (χ4n) is 9.63. The van der Waals surface area contributed by atoms with Crippen molar-refractivity contribution in [3.05, 3.63) is 0 Å². The Morgan fingerprint density at radius 3 is 0.721 bits per heavy atom. The lowest BCUT2D eigenvalue weighted by atomic mass is 10.0. The Kier molecular flexibility index (Phi) is 55.0. The highest BCUT2D eigenvalue weighted by atomic mass is 16.6. The van der Waals surface area contributed by atoms with E-state index in [2.05, 4.69) is 27.7 Å². The van der Waals surface area contributed by atoms with Crippen LogP contribution in [0, 0.1) is 5.92 Å². The molecule has 0 amide bonds. The Labute approximate surface area is 425 Å². The third-order valence-corrected chi connectivity index (χ3v) is 14.3. The van der Waals surface area contributed by atoms with Crippen molar-refractivity contribution in [1.82, 2.24) is 0 Å². The summed E-state index contributed by atoms with van der Waals surface area (Å²) >= 11 is 0. The quantitative estimate of drug-likeness (QED) is 0.0343. The number of carbonyl (C=O) groups is 3. The summed E-state index contributed by atoms with van der Waals surface area (Å²) in [5, 5.41) is 0. The predicted molar refractivity (Wildman–Crippen MR) is 293 cm³/mol. The average Bonchev–Trinajstić information content (AvgIpc) is 3.32. The zero-order chi connectivity index (χ0) is 49.5. The van der Waals surface area contributed by atoms with E-state index in [9.17, 15) is 14.4 Å². The van der Waals surface area contributed by atoms with Crippen molar-refractivity contribution in [2.75, 3.05) is 13.2 Å². The van der Waals surface area contributed by atoms with E-state index in [0.717, 1.165) is 63.7 Å². The first-order valence-corrected chi connectivity index (χ1v) is 30.9. The van der Waals surface area contributed by atoms with Gasteiger partial charge in [-0.25, -0.2) is 0 Å². The molecule has 0 aromatic heterocycles. The molecule has 0 aromatic carbocycles. The molecular weight excluding hydrogens is 841 g/mol. The second-order valence-corrected chi connectivity index (χ2v) is 21.8. The summed E-state index contributed by atoms with van der Waals surface area (Å²) in [5.74, 6) is 0.0291. The summed E-state index contributed by atoms with van der Waals surface area (Å²) < 4.78 is 16.9. The van der Waals surface area contributed by atoms with Crippen LogP contribution in [0.1, 0.15) is 355 Å². The maximum atomic E-state index is 12.9. The SMILES string of the molecule is CCCCCCCCCCCCCCCCCCC(=O)O[C@@H](COC(=O)CCCCCCCCCCCCCCC)COC(=O)CCCCCCCCCCCCCCCCCCCCC(C)C. The minimum absolute atomic E-state index is 0.0613. The Balaban J connectivity index is 4.24. The molecule has 0 heterocycles. The Bertz CT molecular complexity index is 1030. The fourth-order valence-corrected chi connectivity index (χ4v) is 9.63. The van der Waals surface area contributed by atoms with Crippen LogP contribution in [0.25, 0.3) is 0 Å². The van der Waals surface area contributed by atoms with Crippen molar-refractivity contribution in [3.8, 4) is 0 Å². The fraction of sp³-hybridized carbons (Fsp3) is 0.952. The standard InChI is InChI=1S/C62H120O6/c1-5-7-9-11-13-15-17-19-20-26-31-35-39-43-47-51-55-62(65)68-59(56-66-60(63)53-49-45-41-37-33-28-18-16-14-12-10-8-6-2)57-67-61(64)54-50-46-42-38-34-30-27-24-22-21-23-25-29-32-36-40-44-48-52-58(3)4/h58-59H,5-57H2,1-4H3/t59-/m0/s1. The number of ether oxygens (including phenoxy) is 3. The summed E-state index contributed by atoms with van der Waals surface area (Å²) in [6, 6.07) is 0. The van der Waals surface area contributed by atoms with Crippen molar-refractivity contribution >= 4 is 17.9 Å². The summed E-state index contributed by atoms with van der Waals surface area (Å²) in [4.78, 5) is 38.2. The van der Waals surface area contributed by atoms with Crippen LogP contribution in [0.2, 0.25) is 0 Å². The molecule has 6 nitrogen and oxygen atoms in total. The number of carbonyl (C=O) groups excluding carboxylic acids is 3. The molecule has 0 saturated heterocycles. The van der Waals surface area contributed by atoms with Crippen LogP contribution in [0.15, 0.2) is 0 Å². The molecule has 0 aliphatic carbocycles. The van der Waals surface area contributed by atoms with E-state index in [1.54, 1.807) is 0 Å². The van der Waals surface area contributed by atoms with Gasteiger partial charge >= 0.3 is 17.9 Å². The van der Waals surface area contributed by atoms with Crippen molar-refractivity contribution in [2.45, 2.75) is 361 Å². The van der Waals surface area contributed by atoms with E-state index in [0.29, 0.717) is 19.3 Å². The number of unbranched alkanes of at least 4 members (excludes halogenated alkanes) is 44. The van der Waals surface area contributed by atoms with Crippen molar-refractivity contribution < 1.29 is 28.6 Å². The maximum Gasteiger partial charge on any atom is 0.306 e. The molecule has 0 radical (unpaired) electrons. The highest BCUT2D eigenvalue weighted by molar-refractivity contribution is 5.71. The van der Waals surface area contributed by atoms with Gasteiger partial charge in [0.1, 0.15) is 13.2 Å². The molecule has 6 heteroatoms. The molecule has 0 spiro atoms. The Morgan fingerprint density at radius 1 is 0.279 bits per heavy atom. The number of rotatable bonds is 57. The summed E-state index contributed by atoms with van der Waals surface area (Å²) in [5.41, 5.74) is 0. The molecule has 0 unspecified atom stereocenters. The number of hydrogen-bond donors (Lipinski definition) is 0. The topological polar surface area (TPSA) is 78.9 Å². The molecule has 0 N–H and O–H groups in total. The zero-order valence-corrected chi connectivity index (χ0v) is 46.6. The lowest BCUT2D eigenvalue weighted by Gasteiger charge is -2.18. The molecule has 0 aliphatic rings. The van der Waals surface area contributed by atoms with Gasteiger partial charge in [-0.3, -0.25) is 14.4 Å². The van der Waals surface area contributed by atoms with Gasteiger partial charge in [0.05, 0.1) is 0 Å². The van der Waals surface area contributed by atoms with Crippen LogP contribution >= 0.6 is 0 Å². The molecule has 0 fully saturated rings. The van der Waals surface area contributed by atoms with Crippen LogP contribution in [-0.4, -0.2) is 37.2 Å². The summed E-state index contributed by atoms with van der Waals surface area (Å²) in [7, 11) is 0. The molecule has 0 saturated carbocycles. The summed E-state index contributed by atoms with van der Waals surface area (Å²) in [6.45, 7) is 9.09. The first-order chi connectivity index (χ1) is 33.4. The number of hydrogen-bond acceptors (Lipinski definition) is 6. The van der Waals surface area contributed by atoms with Crippen molar-refractivity contribution in [2.24, 2.45) is 5.92 Å². The molecule has 1 atom stereocenters. The zero-order valence-electron chi connectivity index (χ0n) is 46.6. The van der Waals surface area contributed by atoms with Gasteiger partial charge in [-0.05, 0) is 25.2 Å². The second kappa shape index (κ2) is 56.3. The summed E-state index contributed by atoms with van der Waals surface area (Å²) in [6.07, 6.45) is 62.4. The molecule has 0 rings (SSSR count). The third-order valence-electron chi connectivity index (χ3n) is 14.3. The van der Waals surface area contributed by atoms with Crippen molar-refractivity contribution in [1.29, 1.82) is 0 Å². The van der Waals surface area contributed by atoms with Gasteiger partial charge < -0.3 is 14.2 Å². The van der Waals surface area contributed by atoms with Gasteiger partial charge in [0.15, 0.2) is 6.10 Å². The third kappa shape index (κ3) is 55.3. The van der Waals surface area contributed by atoms with E-state index in [4.69, 9.17) is 14.2 Å². The minimum atomic E-state index is -0.762. The van der Waals surface area contributed by atoms with Gasteiger partial charge in [0.25, 0.3) is 0 Å². The minimum Gasteiger partial charge on any atom is -0.462 e. The normalized spacial score (nSPS) is 12.0. The lowest BCUT2D eigenvalue weighted by molar-refractivity contribution is -0.167. The average molecular weight is 962 g/mol. The Hall–Kier alpha value is -1.59. The van der Waals surface area contributed by atoms with E-state index >= 15 is 0 Å². The van der Waals surface area contributed by atoms with Crippen LogP contribution in [0.4, 0.5) is 0 Å². The molecule has 0 bridgehead atoms. The van der Waals surface area contributed by atoms with Crippen LogP contribution in [0.3, 0.4) is 0 Å². The maximum absolute atomic E-state index is 12.9. The van der Waals surface area contributed by atoms with Crippen molar-refractivity contribution in [3.63, 3.8) is 0 Å². The van der Waals surface area contributed by atoms with E-state index < -0.39 is 6.10 Å². The molecule has 0 aliphatic heterocycles. The van der Waals surface area contributed by atoms with Crippen LogP contribution in [0.5, 0.6) is 0 Å². The predicted octanol–water partition coefficient (Wildman–Crippen LogP) is 20.6. The van der Waals surface area contributed by atoms with Gasteiger partial charge in [-0.15, -0.1) is 0 Å². The van der Waals surface area contributed by atoms with E-state index in [1.165, 1.54) is 250 Å². The molecule has 404 valence electrons. The van der Waals surface area contributed by atoms with Gasteiger partial charge in [-0.1, -0.05) is 317 Å². The van der Waals surface area contributed by atoms with Gasteiger partial charge in [0.2, 0.25) is 0 Å². The molecule has 68 heavy (non-hydrogen) atoms. The molecular formula is C62H120O6. The Morgan fingerprint density at radius 2 is 0.485 bits per heavy atom. The van der Waals surface area contributed by atoms with Gasteiger partial charge in [-0.2, -0.15) is 0 Å². The smallest absolute Gasteiger partial charge is 0.306 e. The van der Waals surface area contributed by atoms with Crippen LogP contribution < -0.4 is 0 Å². The lowest BCUT2D eigenvalue weighted by Crippen LogP contribution is -2.30. The second-order valence-electron chi connectivity index (χ2n) is 21.8. The van der Waals surface area contributed by atoms with E-state index in [-0.39, 0.29) is 31.1 Å². The largest absolute Gasteiger partial charge is 0.462 e. The first kappa shape index (κ1) is 66.4.